The van der Waals surface area contributed by atoms with Crippen LogP contribution in [0, 0.1) is 0 Å². The number of carbonyl (C=O) groups is 1. The summed E-state index contributed by atoms with van der Waals surface area (Å²) in [6.45, 7) is 0.580. The second-order valence-corrected chi connectivity index (χ2v) is 7.27. The Morgan fingerprint density at radius 3 is 2.36 bits per heavy atom. The molecule has 6 nitrogen and oxygen atoms in total. The largest absolute Gasteiger partial charge is 0.353 e. The molecule has 0 aliphatic carbocycles. The first-order valence-corrected chi connectivity index (χ1v) is 9.74. The van der Waals surface area contributed by atoms with Gasteiger partial charge in [0.25, 0.3) is 0 Å². The topological polar surface area (TPSA) is 79.8 Å². The molecule has 3 aromatic rings. The molecule has 28 heavy (non-hydrogen) atoms. The van der Waals surface area contributed by atoms with Gasteiger partial charge in [-0.3, -0.25) is 9.36 Å². The second kappa shape index (κ2) is 8.25. The fourth-order valence-corrected chi connectivity index (χ4v) is 3.92. The van der Waals surface area contributed by atoms with Gasteiger partial charge in [0.05, 0.1) is 0 Å². The highest BCUT2D eigenvalue weighted by molar-refractivity contribution is 5.78. The van der Waals surface area contributed by atoms with Crippen LogP contribution in [0.1, 0.15) is 42.1 Å². The predicted octanol–water partition coefficient (Wildman–Crippen LogP) is 2.61. The fourth-order valence-electron chi connectivity index (χ4n) is 3.92. The third-order valence-electron chi connectivity index (χ3n) is 5.41. The van der Waals surface area contributed by atoms with Crippen molar-refractivity contribution in [3.63, 3.8) is 0 Å². The molecule has 0 saturated heterocycles. The molecule has 1 aliphatic rings. The number of aromatic amines is 1. The van der Waals surface area contributed by atoms with Crippen molar-refractivity contribution in [3.05, 3.63) is 88.1 Å². The first-order chi connectivity index (χ1) is 13.7. The fraction of sp³-hybridized carbons (Fsp3) is 0.318. The standard InChI is InChI=1S/C22H24N4O2/c27-21(23-18-11-12-20-24-25-22(28)26(20)14-13-18)15-19(16-7-3-1-4-8-16)17-9-5-2-6-10-17/h1-10,18-19H,11-15H2,(H,23,27)(H,25,28). The van der Waals surface area contributed by atoms with E-state index in [0.29, 0.717) is 19.4 Å². The van der Waals surface area contributed by atoms with Crippen LogP contribution in [0.25, 0.3) is 0 Å². The van der Waals surface area contributed by atoms with Gasteiger partial charge in [0.15, 0.2) is 0 Å². The van der Waals surface area contributed by atoms with Crippen LogP contribution in [0.5, 0.6) is 0 Å². The Labute approximate surface area is 163 Å². The Bertz CT molecular complexity index is 939. The number of rotatable bonds is 5. The third kappa shape index (κ3) is 4.06. The summed E-state index contributed by atoms with van der Waals surface area (Å²) in [7, 11) is 0. The van der Waals surface area contributed by atoms with Gasteiger partial charge in [0.1, 0.15) is 5.82 Å². The highest BCUT2D eigenvalue weighted by atomic mass is 16.2. The average molecular weight is 376 g/mol. The zero-order chi connectivity index (χ0) is 19.3. The smallest absolute Gasteiger partial charge is 0.343 e. The highest BCUT2D eigenvalue weighted by Gasteiger charge is 2.23. The number of fused-ring (bicyclic) bond motifs is 1. The van der Waals surface area contributed by atoms with Crippen LogP contribution in [-0.4, -0.2) is 26.7 Å². The van der Waals surface area contributed by atoms with Gasteiger partial charge in [-0.15, -0.1) is 0 Å². The van der Waals surface area contributed by atoms with Crippen LogP contribution in [-0.2, 0) is 17.8 Å². The Hall–Kier alpha value is -3.15. The van der Waals surface area contributed by atoms with Crippen molar-refractivity contribution in [2.45, 2.75) is 44.2 Å². The SMILES string of the molecule is O=C(CC(c1ccccc1)c1ccccc1)NC1CCc2n[nH]c(=O)n2CC1. The van der Waals surface area contributed by atoms with Crippen LogP contribution in [0.4, 0.5) is 0 Å². The van der Waals surface area contributed by atoms with Gasteiger partial charge < -0.3 is 5.32 Å². The van der Waals surface area contributed by atoms with Crippen molar-refractivity contribution in [1.29, 1.82) is 0 Å². The predicted molar refractivity (Wildman–Crippen MR) is 107 cm³/mol. The van der Waals surface area contributed by atoms with Crippen molar-refractivity contribution >= 4 is 5.91 Å². The quantitative estimate of drug-likeness (QED) is 0.718. The van der Waals surface area contributed by atoms with E-state index < -0.39 is 0 Å². The Balaban J connectivity index is 1.44. The lowest BCUT2D eigenvalue weighted by molar-refractivity contribution is -0.122. The van der Waals surface area contributed by atoms with Gasteiger partial charge in [-0.05, 0) is 24.0 Å². The molecular weight excluding hydrogens is 352 g/mol. The second-order valence-electron chi connectivity index (χ2n) is 7.27. The molecule has 2 N–H and O–H groups in total. The van der Waals surface area contributed by atoms with Crippen molar-refractivity contribution in [2.75, 3.05) is 0 Å². The molecular formula is C22H24N4O2. The first-order valence-electron chi connectivity index (χ1n) is 9.74. The Kier molecular flexibility index (Phi) is 5.37. The molecule has 6 heteroatoms. The molecule has 0 bridgehead atoms. The van der Waals surface area contributed by atoms with E-state index in [0.717, 1.165) is 29.8 Å². The number of nitrogens with one attached hydrogen (secondary N) is 2. The molecule has 0 fully saturated rings. The summed E-state index contributed by atoms with van der Waals surface area (Å²) in [6, 6.07) is 20.3. The van der Waals surface area contributed by atoms with Crippen molar-refractivity contribution in [1.82, 2.24) is 20.1 Å². The molecule has 0 saturated carbocycles. The monoisotopic (exact) mass is 376 g/mol. The van der Waals surface area contributed by atoms with Crippen LogP contribution in [0.15, 0.2) is 65.5 Å². The van der Waals surface area contributed by atoms with Gasteiger partial charge in [-0.2, -0.15) is 5.10 Å². The maximum absolute atomic E-state index is 12.9. The van der Waals surface area contributed by atoms with Gasteiger partial charge in [-0.25, -0.2) is 9.89 Å². The summed E-state index contributed by atoms with van der Waals surface area (Å²) < 4.78 is 1.67. The minimum Gasteiger partial charge on any atom is -0.353 e. The highest BCUT2D eigenvalue weighted by Crippen LogP contribution is 2.28. The molecule has 2 aromatic carbocycles. The van der Waals surface area contributed by atoms with E-state index in [2.05, 4.69) is 39.8 Å². The van der Waals surface area contributed by atoms with E-state index in [1.54, 1.807) is 4.57 Å². The number of aromatic nitrogens is 3. The number of amides is 1. The van der Waals surface area contributed by atoms with E-state index >= 15 is 0 Å². The normalized spacial score (nSPS) is 16.4. The van der Waals surface area contributed by atoms with E-state index in [1.165, 1.54) is 0 Å². The molecule has 2 heterocycles. The lowest BCUT2D eigenvalue weighted by atomic mass is 9.88. The molecule has 0 spiro atoms. The summed E-state index contributed by atoms with van der Waals surface area (Å²) in [5.74, 6) is 0.829. The lowest BCUT2D eigenvalue weighted by Gasteiger charge is -2.21. The number of aryl methyl sites for hydroxylation is 1. The summed E-state index contributed by atoms with van der Waals surface area (Å²) in [5, 5.41) is 9.75. The summed E-state index contributed by atoms with van der Waals surface area (Å²) in [4.78, 5) is 24.6. The Morgan fingerprint density at radius 1 is 1.07 bits per heavy atom. The van der Waals surface area contributed by atoms with Gasteiger partial charge in [0, 0.05) is 31.3 Å². The van der Waals surface area contributed by atoms with Crippen LogP contribution in [0.3, 0.4) is 0 Å². The van der Waals surface area contributed by atoms with Gasteiger partial charge >= 0.3 is 5.69 Å². The summed E-state index contributed by atoms with van der Waals surface area (Å²) in [5.41, 5.74) is 2.10. The average Bonchev–Trinajstić information content (AvgIpc) is 2.96. The first kappa shape index (κ1) is 18.2. The minimum absolute atomic E-state index is 0.0199. The minimum atomic E-state index is -0.171. The molecule has 0 radical (unpaired) electrons. The number of benzene rings is 2. The van der Waals surface area contributed by atoms with E-state index in [4.69, 9.17) is 0 Å². The maximum atomic E-state index is 12.9. The molecule has 1 atom stereocenters. The molecule has 1 unspecified atom stereocenters. The number of nitrogens with zero attached hydrogens (tertiary/aromatic N) is 2. The summed E-state index contributed by atoms with van der Waals surface area (Å²) >= 11 is 0. The van der Waals surface area contributed by atoms with E-state index in [-0.39, 0.29) is 23.6 Å². The molecule has 144 valence electrons. The van der Waals surface area contributed by atoms with Crippen molar-refractivity contribution in [3.8, 4) is 0 Å². The molecule has 1 aliphatic heterocycles. The zero-order valence-electron chi connectivity index (χ0n) is 15.7. The lowest BCUT2D eigenvalue weighted by Crippen LogP contribution is -2.36. The van der Waals surface area contributed by atoms with Crippen LogP contribution in [0.2, 0.25) is 0 Å². The number of hydrogen-bond acceptors (Lipinski definition) is 3. The van der Waals surface area contributed by atoms with Crippen molar-refractivity contribution < 1.29 is 4.79 Å². The van der Waals surface area contributed by atoms with E-state index in [1.807, 2.05) is 36.4 Å². The number of carbonyl (C=O) groups excluding carboxylic acids is 1. The molecule has 1 aromatic heterocycles. The third-order valence-corrected chi connectivity index (χ3v) is 5.41. The van der Waals surface area contributed by atoms with Gasteiger partial charge in [-0.1, -0.05) is 60.7 Å². The van der Waals surface area contributed by atoms with Gasteiger partial charge in [0.2, 0.25) is 5.91 Å². The van der Waals surface area contributed by atoms with E-state index in [9.17, 15) is 9.59 Å². The number of hydrogen-bond donors (Lipinski definition) is 2. The summed E-state index contributed by atoms with van der Waals surface area (Å²) in [6.07, 6.45) is 2.61. The zero-order valence-corrected chi connectivity index (χ0v) is 15.7. The van der Waals surface area contributed by atoms with Crippen LogP contribution >= 0.6 is 0 Å². The maximum Gasteiger partial charge on any atom is 0.343 e. The van der Waals surface area contributed by atoms with Crippen LogP contribution < -0.4 is 11.0 Å². The van der Waals surface area contributed by atoms with Crippen molar-refractivity contribution in [2.24, 2.45) is 0 Å². The number of H-pyrrole nitrogens is 1. The Morgan fingerprint density at radius 2 is 1.71 bits per heavy atom. The molecule has 1 amide bonds. The molecule has 4 rings (SSSR count).